The summed E-state index contributed by atoms with van der Waals surface area (Å²) in [5.74, 6) is 1.48. The average Bonchev–Trinajstić information content (AvgIpc) is 3.04. The van der Waals surface area contributed by atoms with Gasteiger partial charge in [-0.25, -0.2) is 0 Å². The average molecular weight is 445 g/mol. The third-order valence-electron chi connectivity index (χ3n) is 4.10. The molecule has 0 bridgehead atoms. The van der Waals surface area contributed by atoms with Crippen molar-refractivity contribution in [2.24, 2.45) is 10.7 Å². The van der Waals surface area contributed by atoms with Crippen molar-refractivity contribution in [1.29, 1.82) is 0 Å². The number of halogens is 1. The van der Waals surface area contributed by atoms with E-state index < -0.39 is 0 Å². The van der Waals surface area contributed by atoms with Crippen molar-refractivity contribution in [2.45, 2.75) is 6.42 Å². The van der Waals surface area contributed by atoms with Gasteiger partial charge in [-0.3, -0.25) is 4.79 Å². The Labute approximate surface area is 184 Å². The Morgan fingerprint density at radius 2 is 1.87 bits per heavy atom. The lowest BCUT2D eigenvalue weighted by Crippen LogP contribution is -2.10. The molecule has 0 atom stereocenters. The Bertz CT molecular complexity index is 1020. The monoisotopic (exact) mass is 444 g/mol. The van der Waals surface area contributed by atoms with E-state index in [1.54, 1.807) is 31.4 Å². The maximum Gasteiger partial charge on any atom is 0.286 e. The normalized spacial score (nSPS) is 14.5. The molecule has 0 radical (unpaired) electrons. The molecule has 0 unspecified atom stereocenters. The molecule has 156 valence electrons. The zero-order valence-corrected chi connectivity index (χ0v) is 18.0. The molecular formula is C22H21ClN2O4S. The molecule has 0 saturated carbocycles. The van der Waals surface area contributed by atoms with Crippen LogP contribution in [0.2, 0.25) is 5.02 Å². The quantitative estimate of drug-likeness (QED) is 0.349. The van der Waals surface area contributed by atoms with E-state index in [0.29, 0.717) is 39.3 Å². The summed E-state index contributed by atoms with van der Waals surface area (Å²) in [6, 6.07) is 10.9. The summed E-state index contributed by atoms with van der Waals surface area (Å²) >= 11 is 7.22. The highest BCUT2D eigenvalue weighted by atomic mass is 35.5. The molecule has 0 saturated heterocycles. The van der Waals surface area contributed by atoms with Crippen molar-refractivity contribution in [3.05, 3.63) is 70.1 Å². The summed E-state index contributed by atoms with van der Waals surface area (Å²) < 4.78 is 17.0. The molecule has 1 aliphatic rings. The molecule has 3 rings (SSSR count). The minimum atomic E-state index is -0.376. The van der Waals surface area contributed by atoms with Gasteiger partial charge in [-0.15, -0.1) is 6.58 Å². The van der Waals surface area contributed by atoms with Crippen molar-refractivity contribution in [3.63, 3.8) is 0 Å². The van der Waals surface area contributed by atoms with E-state index in [0.717, 1.165) is 23.7 Å². The fourth-order valence-corrected chi connectivity index (χ4v) is 3.61. The van der Waals surface area contributed by atoms with Gasteiger partial charge in [0, 0.05) is 10.6 Å². The second-order valence-electron chi connectivity index (χ2n) is 6.22. The van der Waals surface area contributed by atoms with Crippen molar-refractivity contribution < 1.29 is 19.0 Å². The third kappa shape index (κ3) is 5.58. The van der Waals surface area contributed by atoms with Gasteiger partial charge in [0.2, 0.25) is 0 Å². The van der Waals surface area contributed by atoms with E-state index in [2.05, 4.69) is 11.6 Å². The second kappa shape index (κ2) is 10.2. The van der Waals surface area contributed by atoms with E-state index in [1.165, 1.54) is 0 Å². The molecule has 1 heterocycles. The van der Waals surface area contributed by atoms with Crippen LogP contribution in [0.15, 0.2) is 59.0 Å². The topological polar surface area (TPSA) is 83.1 Å². The summed E-state index contributed by atoms with van der Waals surface area (Å²) in [5.41, 5.74) is 7.36. The standard InChI is InChI=1S/C22H21ClN2O4S/c1-3-4-14-5-7-18(19(11-14)27-2)29-10-9-28-17-8-6-16(23)12-15(17)13-20-21(26)25-22(24)30-20/h3,5-8,11-13H,1,4,9-10H2,2H3,(H2,24,25,26)/b20-13-. The molecule has 1 aliphatic heterocycles. The van der Waals surface area contributed by atoms with Crippen molar-refractivity contribution in [3.8, 4) is 17.2 Å². The largest absolute Gasteiger partial charge is 0.493 e. The zero-order chi connectivity index (χ0) is 21.5. The van der Waals surface area contributed by atoms with Crippen LogP contribution in [0, 0.1) is 0 Å². The van der Waals surface area contributed by atoms with Gasteiger partial charge in [-0.05, 0) is 60.2 Å². The van der Waals surface area contributed by atoms with Crippen molar-refractivity contribution >= 4 is 40.5 Å². The number of benzene rings is 2. The summed E-state index contributed by atoms with van der Waals surface area (Å²) in [6.07, 6.45) is 4.26. The van der Waals surface area contributed by atoms with Crippen LogP contribution >= 0.6 is 23.4 Å². The third-order valence-corrected chi connectivity index (χ3v) is 5.15. The summed E-state index contributed by atoms with van der Waals surface area (Å²) in [7, 11) is 1.60. The van der Waals surface area contributed by atoms with Crippen LogP contribution < -0.4 is 19.9 Å². The zero-order valence-electron chi connectivity index (χ0n) is 16.4. The number of thioether (sulfide) groups is 1. The van der Waals surface area contributed by atoms with Crippen LogP contribution in [0.25, 0.3) is 6.08 Å². The predicted molar refractivity (Wildman–Crippen MR) is 122 cm³/mol. The number of methoxy groups -OCH3 is 1. The van der Waals surface area contributed by atoms with E-state index >= 15 is 0 Å². The Hall–Kier alpha value is -2.90. The lowest BCUT2D eigenvalue weighted by atomic mass is 10.1. The minimum Gasteiger partial charge on any atom is -0.493 e. The molecular weight excluding hydrogens is 424 g/mol. The molecule has 0 spiro atoms. The highest BCUT2D eigenvalue weighted by Crippen LogP contribution is 2.32. The molecule has 8 heteroatoms. The molecule has 1 amide bonds. The number of nitrogens with two attached hydrogens (primary N) is 1. The molecule has 6 nitrogen and oxygen atoms in total. The van der Waals surface area contributed by atoms with Crippen LogP contribution in [-0.2, 0) is 11.2 Å². The Kier molecular flexibility index (Phi) is 7.43. The molecule has 0 fully saturated rings. The van der Waals surface area contributed by atoms with Crippen molar-refractivity contribution in [1.82, 2.24) is 0 Å². The van der Waals surface area contributed by atoms with Gasteiger partial charge >= 0.3 is 0 Å². The first-order valence-electron chi connectivity index (χ1n) is 9.11. The smallest absolute Gasteiger partial charge is 0.286 e. The van der Waals surface area contributed by atoms with E-state index in [1.807, 2.05) is 24.3 Å². The van der Waals surface area contributed by atoms with Gasteiger partial charge in [0.25, 0.3) is 5.91 Å². The number of aliphatic imine (C=N–C) groups is 1. The van der Waals surface area contributed by atoms with Gasteiger partial charge in [-0.1, -0.05) is 23.7 Å². The van der Waals surface area contributed by atoms with Crippen LogP contribution in [0.4, 0.5) is 0 Å². The van der Waals surface area contributed by atoms with Crippen LogP contribution in [0.3, 0.4) is 0 Å². The number of carbonyl (C=O) groups is 1. The molecule has 2 aromatic rings. The Morgan fingerprint density at radius 1 is 1.13 bits per heavy atom. The number of hydrogen-bond acceptors (Lipinski definition) is 6. The number of hydrogen-bond donors (Lipinski definition) is 1. The number of amidine groups is 1. The lowest BCUT2D eigenvalue weighted by Gasteiger charge is -2.13. The second-order valence-corrected chi connectivity index (χ2v) is 7.72. The number of rotatable bonds is 9. The van der Waals surface area contributed by atoms with Gasteiger partial charge in [0.1, 0.15) is 19.0 Å². The molecule has 0 aromatic heterocycles. The number of amides is 1. The summed E-state index contributed by atoms with van der Waals surface area (Å²) in [6.45, 7) is 4.33. The number of allylic oxidation sites excluding steroid dienone is 1. The van der Waals surface area contributed by atoms with E-state index in [-0.39, 0.29) is 17.7 Å². The number of carbonyl (C=O) groups excluding carboxylic acids is 1. The first-order valence-corrected chi connectivity index (χ1v) is 10.3. The highest BCUT2D eigenvalue weighted by Gasteiger charge is 2.20. The van der Waals surface area contributed by atoms with Gasteiger partial charge < -0.3 is 19.9 Å². The van der Waals surface area contributed by atoms with Gasteiger partial charge in [0.05, 0.1) is 12.0 Å². The number of ether oxygens (including phenoxy) is 3. The summed E-state index contributed by atoms with van der Waals surface area (Å²) in [4.78, 5) is 16.0. The molecule has 0 aliphatic carbocycles. The van der Waals surface area contributed by atoms with E-state index in [4.69, 9.17) is 31.5 Å². The first-order chi connectivity index (χ1) is 14.5. The van der Waals surface area contributed by atoms with Crippen LogP contribution in [0.5, 0.6) is 17.2 Å². The van der Waals surface area contributed by atoms with Crippen LogP contribution in [-0.4, -0.2) is 31.4 Å². The molecule has 2 aromatic carbocycles. The predicted octanol–water partition coefficient (Wildman–Crippen LogP) is 4.46. The number of nitrogens with zero attached hydrogens (tertiary/aromatic N) is 1. The van der Waals surface area contributed by atoms with E-state index in [9.17, 15) is 4.79 Å². The maximum atomic E-state index is 11.9. The molecule has 2 N–H and O–H groups in total. The van der Waals surface area contributed by atoms with Gasteiger partial charge in [-0.2, -0.15) is 4.99 Å². The minimum absolute atomic E-state index is 0.220. The SMILES string of the molecule is C=CCc1ccc(OCCOc2ccc(Cl)cc2/C=C2\SC(N)=NC2=O)c(OC)c1. The highest BCUT2D eigenvalue weighted by molar-refractivity contribution is 8.18. The first kappa shape index (κ1) is 21.8. The fourth-order valence-electron chi connectivity index (χ4n) is 2.76. The summed E-state index contributed by atoms with van der Waals surface area (Å²) in [5, 5.41) is 0.747. The fraction of sp³-hybridized carbons (Fsp3) is 0.182. The van der Waals surface area contributed by atoms with Gasteiger partial charge in [0.15, 0.2) is 16.7 Å². The molecule has 30 heavy (non-hydrogen) atoms. The lowest BCUT2D eigenvalue weighted by molar-refractivity contribution is -0.113. The Balaban J connectivity index is 1.64. The Morgan fingerprint density at radius 3 is 2.53 bits per heavy atom. The van der Waals surface area contributed by atoms with Crippen LogP contribution in [0.1, 0.15) is 11.1 Å². The maximum absolute atomic E-state index is 11.9. The van der Waals surface area contributed by atoms with Crippen molar-refractivity contribution in [2.75, 3.05) is 20.3 Å².